The molecule has 3 aromatic carbocycles. The molecule has 1 fully saturated rings. The Morgan fingerprint density at radius 2 is 1.53 bits per heavy atom. The molecule has 4 rings (SSSR count). The van der Waals surface area contributed by atoms with Crippen molar-refractivity contribution in [1.29, 1.82) is 0 Å². The van der Waals surface area contributed by atoms with E-state index in [2.05, 4.69) is 10.2 Å². The number of carbonyl (C=O) groups excluding carboxylic acids is 2. The molecule has 1 aliphatic heterocycles. The first-order chi connectivity index (χ1) is 15.4. The summed E-state index contributed by atoms with van der Waals surface area (Å²) >= 11 is 12.6. The average Bonchev–Trinajstić information content (AvgIpc) is 2.79. The van der Waals surface area contributed by atoms with Gasteiger partial charge in [0, 0.05) is 42.3 Å². The van der Waals surface area contributed by atoms with Gasteiger partial charge in [-0.2, -0.15) is 0 Å². The van der Waals surface area contributed by atoms with E-state index < -0.39 is 0 Å². The summed E-state index contributed by atoms with van der Waals surface area (Å²) in [5, 5.41) is 4.00. The fourth-order valence-electron chi connectivity index (χ4n) is 3.77. The summed E-state index contributed by atoms with van der Waals surface area (Å²) in [4.78, 5) is 29.5. The Bertz CT molecular complexity index is 1140. The second-order valence-electron chi connectivity index (χ2n) is 7.75. The number of hydrogen-bond donors (Lipinski definition) is 1. The Labute approximate surface area is 197 Å². The number of amides is 2. The lowest BCUT2D eigenvalue weighted by Gasteiger charge is -2.37. The summed E-state index contributed by atoms with van der Waals surface area (Å²) < 4.78 is 0. The van der Waals surface area contributed by atoms with Crippen molar-refractivity contribution in [3.05, 3.63) is 93.5 Å². The highest BCUT2D eigenvalue weighted by Gasteiger charge is 2.25. The van der Waals surface area contributed by atoms with Crippen LogP contribution in [-0.2, 0) is 0 Å². The molecule has 0 unspecified atom stereocenters. The van der Waals surface area contributed by atoms with E-state index in [1.165, 1.54) is 0 Å². The smallest absolute Gasteiger partial charge is 0.255 e. The first-order valence-corrected chi connectivity index (χ1v) is 11.1. The van der Waals surface area contributed by atoms with Crippen molar-refractivity contribution in [1.82, 2.24) is 4.90 Å². The summed E-state index contributed by atoms with van der Waals surface area (Å²) in [6.45, 7) is 4.36. The topological polar surface area (TPSA) is 52.7 Å². The molecular formula is C25H23Cl2N3O2. The average molecular weight is 468 g/mol. The molecule has 0 atom stereocenters. The van der Waals surface area contributed by atoms with Gasteiger partial charge in [-0.15, -0.1) is 0 Å². The van der Waals surface area contributed by atoms with E-state index in [-0.39, 0.29) is 11.8 Å². The van der Waals surface area contributed by atoms with Gasteiger partial charge in [0.25, 0.3) is 11.8 Å². The number of carbonyl (C=O) groups is 2. The maximum absolute atomic E-state index is 12.8. The number of aryl methyl sites for hydroxylation is 1. The highest BCUT2D eigenvalue weighted by atomic mass is 35.5. The normalized spacial score (nSPS) is 13.7. The third-order valence-electron chi connectivity index (χ3n) is 5.50. The third-order valence-corrected chi connectivity index (χ3v) is 6.04. The molecule has 0 bridgehead atoms. The van der Waals surface area contributed by atoms with Gasteiger partial charge in [-0.25, -0.2) is 0 Å². The molecule has 5 nitrogen and oxygen atoms in total. The zero-order valence-electron chi connectivity index (χ0n) is 17.6. The van der Waals surface area contributed by atoms with Crippen LogP contribution in [0.1, 0.15) is 26.3 Å². The van der Waals surface area contributed by atoms with Gasteiger partial charge >= 0.3 is 0 Å². The van der Waals surface area contributed by atoms with Crippen molar-refractivity contribution in [2.75, 3.05) is 36.4 Å². The highest BCUT2D eigenvalue weighted by Crippen LogP contribution is 2.35. The van der Waals surface area contributed by atoms with Crippen LogP contribution in [-0.4, -0.2) is 42.9 Å². The molecule has 7 heteroatoms. The van der Waals surface area contributed by atoms with Crippen molar-refractivity contribution >= 4 is 46.4 Å². The van der Waals surface area contributed by atoms with Gasteiger partial charge in [-0.05, 0) is 49.4 Å². The van der Waals surface area contributed by atoms with Crippen LogP contribution < -0.4 is 10.2 Å². The summed E-state index contributed by atoms with van der Waals surface area (Å²) in [5.41, 5.74) is 3.67. The van der Waals surface area contributed by atoms with Crippen molar-refractivity contribution in [3.63, 3.8) is 0 Å². The molecule has 1 N–H and O–H groups in total. The summed E-state index contributed by atoms with van der Waals surface area (Å²) in [5.74, 6) is -0.234. The van der Waals surface area contributed by atoms with Gasteiger partial charge in [0.15, 0.2) is 0 Å². The Kier molecular flexibility index (Phi) is 6.68. The standard InChI is InChI=1S/C25H23Cl2N3O2/c1-17-8-10-18(11-9-17)25(32)30-14-12-29(13-15-30)23-21(27)6-3-7-22(23)28-24(31)19-4-2-5-20(26)16-19/h2-11,16H,12-15H2,1H3,(H,28,31). The SMILES string of the molecule is Cc1ccc(C(=O)N2CCN(c3c(Cl)cccc3NC(=O)c3cccc(Cl)c3)CC2)cc1. The minimum absolute atomic E-state index is 0.0262. The monoisotopic (exact) mass is 467 g/mol. The predicted octanol–water partition coefficient (Wildman–Crippen LogP) is 5.52. The lowest BCUT2D eigenvalue weighted by Crippen LogP contribution is -2.49. The number of piperazine rings is 1. The van der Waals surface area contributed by atoms with E-state index in [9.17, 15) is 9.59 Å². The lowest BCUT2D eigenvalue weighted by molar-refractivity contribution is 0.0746. The van der Waals surface area contributed by atoms with Crippen molar-refractivity contribution in [2.45, 2.75) is 6.92 Å². The van der Waals surface area contributed by atoms with E-state index in [1.54, 1.807) is 36.4 Å². The van der Waals surface area contributed by atoms with E-state index >= 15 is 0 Å². The van der Waals surface area contributed by atoms with Crippen LogP contribution in [0.4, 0.5) is 11.4 Å². The van der Waals surface area contributed by atoms with Gasteiger partial charge in [0.2, 0.25) is 0 Å². The van der Waals surface area contributed by atoms with Crippen LogP contribution in [0.25, 0.3) is 0 Å². The highest BCUT2D eigenvalue weighted by molar-refractivity contribution is 6.34. The maximum Gasteiger partial charge on any atom is 0.255 e. The van der Waals surface area contributed by atoms with Crippen LogP contribution >= 0.6 is 23.2 Å². The summed E-state index contributed by atoms with van der Waals surface area (Å²) in [6.07, 6.45) is 0. The minimum atomic E-state index is -0.260. The Balaban J connectivity index is 1.48. The van der Waals surface area contributed by atoms with Gasteiger partial charge in [-0.3, -0.25) is 9.59 Å². The molecule has 0 radical (unpaired) electrons. The number of hydrogen-bond acceptors (Lipinski definition) is 3. The van der Waals surface area contributed by atoms with Gasteiger partial charge < -0.3 is 15.1 Å². The largest absolute Gasteiger partial charge is 0.365 e. The molecule has 0 aliphatic carbocycles. The Hall–Kier alpha value is -3.02. The first kappa shape index (κ1) is 22.2. The number of nitrogens with one attached hydrogen (secondary N) is 1. The summed E-state index contributed by atoms with van der Waals surface area (Å²) in [6, 6.07) is 19.8. The van der Waals surface area contributed by atoms with Crippen LogP contribution in [0.5, 0.6) is 0 Å². The first-order valence-electron chi connectivity index (χ1n) is 10.4. The van der Waals surface area contributed by atoms with Gasteiger partial charge in [0.1, 0.15) is 0 Å². The fourth-order valence-corrected chi connectivity index (χ4v) is 4.26. The number of para-hydroxylation sites is 1. The van der Waals surface area contributed by atoms with Crippen LogP contribution in [0.15, 0.2) is 66.7 Å². The van der Waals surface area contributed by atoms with Crippen molar-refractivity contribution < 1.29 is 9.59 Å². The van der Waals surface area contributed by atoms with E-state index in [0.29, 0.717) is 53.0 Å². The molecule has 3 aromatic rings. The molecular weight excluding hydrogens is 445 g/mol. The number of anilines is 2. The lowest BCUT2D eigenvalue weighted by atomic mass is 10.1. The van der Waals surface area contributed by atoms with Gasteiger partial charge in [-0.1, -0.05) is 53.0 Å². The predicted molar refractivity (Wildman–Crippen MR) is 130 cm³/mol. The molecule has 0 aromatic heterocycles. The number of benzene rings is 3. The minimum Gasteiger partial charge on any atom is -0.365 e. The zero-order valence-corrected chi connectivity index (χ0v) is 19.2. The molecule has 32 heavy (non-hydrogen) atoms. The molecule has 1 saturated heterocycles. The number of rotatable bonds is 4. The molecule has 0 spiro atoms. The maximum atomic E-state index is 12.8. The molecule has 164 valence electrons. The van der Waals surface area contributed by atoms with Crippen LogP contribution in [0.2, 0.25) is 10.0 Å². The zero-order chi connectivity index (χ0) is 22.7. The van der Waals surface area contributed by atoms with Crippen LogP contribution in [0.3, 0.4) is 0 Å². The van der Waals surface area contributed by atoms with Gasteiger partial charge in [0.05, 0.1) is 16.4 Å². The van der Waals surface area contributed by atoms with Crippen LogP contribution in [0, 0.1) is 6.92 Å². The second kappa shape index (κ2) is 9.63. The Morgan fingerprint density at radius 3 is 2.22 bits per heavy atom. The third kappa shape index (κ3) is 4.90. The quantitative estimate of drug-likeness (QED) is 0.549. The van der Waals surface area contributed by atoms with Crippen molar-refractivity contribution in [3.8, 4) is 0 Å². The molecule has 0 saturated carbocycles. The fraction of sp³-hybridized carbons (Fsp3) is 0.200. The number of halogens is 2. The van der Waals surface area contributed by atoms with Crippen molar-refractivity contribution in [2.24, 2.45) is 0 Å². The molecule has 1 aliphatic rings. The number of nitrogens with zero attached hydrogens (tertiary/aromatic N) is 2. The van der Waals surface area contributed by atoms with E-state index in [1.807, 2.05) is 42.2 Å². The second-order valence-corrected chi connectivity index (χ2v) is 8.59. The molecule has 1 heterocycles. The summed E-state index contributed by atoms with van der Waals surface area (Å²) in [7, 11) is 0. The molecule has 2 amide bonds. The van der Waals surface area contributed by atoms with E-state index in [4.69, 9.17) is 23.2 Å². The Morgan fingerprint density at radius 1 is 0.844 bits per heavy atom. The van der Waals surface area contributed by atoms with E-state index in [0.717, 1.165) is 11.3 Å².